The standard InChI is InChI=1S/C21H17Cl2NO3/c1-26-20-10-5-14(21(25)24-18-8-6-16(22)7-9-18)11-15(20)13-27-19-4-2-3-17(23)12-19/h2-12H,13H2,1H3,(H,24,25). The van der Waals surface area contributed by atoms with Crippen LogP contribution < -0.4 is 14.8 Å². The molecule has 3 aromatic carbocycles. The molecule has 0 aliphatic carbocycles. The molecule has 0 atom stereocenters. The first kappa shape index (κ1) is 19.1. The van der Waals surface area contributed by atoms with E-state index in [1.165, 1.54) is 0 Å². The Morgan fingerprint density at radius 3 is 2.44 bits per heavy atom. The van der Waals surface area contributed by atoms with Gasteiger partial charge in [0.25, 0.3) is 5.91 Å². The van der Waals surface area contributed by atoms with Gasteiger partial charge in [0.2, 0.25) is 0 Å². The van der Waals surface area contributed by atoms with Gasteiger partial charge in [0, 0.05) is 26.9 Å². The molecule has 6 heteroatoms. The van der Waals surface area contributed by atoms with Crippen molar-refractivity contribution >= 4 is 34.8 Å². The summed E-state index contributed by atoms with van der Waals surface area (Å²) < 4.78 is 11.1. The van der Waals surface area contributed by atoms with Gasteiger partial charge in [-0.05, 0) is 60.7 Å². The number of carbonyl (C=O) groups is 1. The Morgan fingerprint density at radius 2 is 1.74 bits per heavy atom. The smallest absolute Gasteiger partial charge is 0.255 e. The molecule has 0 aromatic heterocycles. The third-order valence-electron chi connectivity index (χ3n) is 3.84. The van der Waals surface area contributed by atoms with Crippen LogP contribution in [0.5, 0.6) is 11.5 Å². The van der Waals surface area contributed by atoms with Crippen molar-refractivity contribution in [3.05, 3.63) is 87.9 Å². The minimum absolute atomic E-state index is 0.232. The van der Waals surface area contributed by atoms with E-state index < -0.39 is 0 Å². The maximum atomic E-state index is 12.5. The molecular weight excluding hydrogens is 385 g/mol. The summed E-state index contributed by atoms with van der Waals surface area (Å²) in [4.78, 5) is 12.5. The lowest BCUT2D eigenvalue weighted by Crippen LogP contribution is -2.12. The molecule has 0 fully saturated rings. The molecule has 0 unspecified atom stereocenters. The van der Waals surface area contributed by atoms with Crippen LogP contribution in [-0.2, 0) is 6.61 Å². The number of hydrogen-bond acceptors (Lipinski definition) is 3. The van der Waals surface area contributed by atoms with Crippen LogP contribution in [0.3, 0.4) is 0 Å². The summed E-state index contributed by atoms with van der Waals surface area (Å²) in [7, 11) is 1.58. The van der Waals surface area contributed by atoms with Gasteiger partial charge in [0.15, 0.2) is 0 Å². The fourth-order valence-corrected chi connectivity index (χ4v) is 2.79. The van der Waals surface area contributed by atoms with Crippen LogP contribution in [-0.4, -0.2) is 13.0 Å². The molecule has 27 heavy (non-hydrogen) atoms. The normalized spacial score (nSPS) is 10.3. The summed E-state index contributed by atoms with van der Waals surface area (Å²) >= 11 is 11.8. The highest BCUT2D eigenvalue weighted by Crippen LogP contribution is 2.24. The molecule has 0 spiro atoms. The van der Waals surface area contributed by atoms with E-state index in [0.717, 1.165) is 5.56 Å². The average Bonchev–Trinajstić information content (AvgIpc) is 2.68. The van der Waals surface area contributed by atoms with Crippen molar-refractivity contribution < 1.29 is 14.3 Å². The first-order chi connectivity index (χ1) is 13.0. The highest BCUT2D eigenvalue weighted by Gasteiger charge is 2.11. The van der Waals surface area contributed by atoms with Crippen LogP contribution in [0.25, 0.3) is 0 Å². The molecule has 0 heterocycles. The first-order valence-corrected chi connectivity index (χ1v) is 8.93. The van der Waals surface area contributed by atoms with Crippen LogP contribution in [0, 0.1) is 0 Å². The van der Waals surface area contributed by atoms with Crippen molar-refractivity contribution in [2.24, 2.45) is 0 Å². The van der Waals surface area contributed by atoms with E-state index in [9.17, 15) is 4.79 Å². The van der Waals surface area contributed by atoms with Crippen molar-refractivity contribution in [3.8, 4) is 11.5 Å². The molecule has 0 saturated heterocycles. The van der Waals surface area contributed by atoms with Crippen molar-refractivity contribution in [1.82, 2.24) is 0 Å². The molecule has 138 valence electrons. The Hall–Kier alpha value is -2.69. The molecule has 3 rings (SSSR count). The fourth-order valence-electron chi connectivity index (χ4n) is 2.49. The Balaban J connectivity index is 1.75. The van der Waals surface area contributed by atoms with Crippen LogP contribution in [0.15, 0.2) is 66.7 Å². The van der Waals surface area contributed by atoms with Gasteiger partial charge in [-0.25, -0.2) is 0 Å². The number of nitrogens with one attached hydrogen (secondary N) is 1. The maximum Gasteiger partial charge on any atom is 0.255 e. The summed E-state index contributed by atoms with van der Waals surface area (Å²) in [6.07, 6.45) is 0. The van der Waals surface area contributed by atoms with E-state index in [1.807, 2.05) is 12.1 Å². The third-order valence-corrected chi connectivity index (χ3v) is 4.32. The van der Waals surface area contributed by atoms with E-state index in [-0.39, 0.29) is 12.5 Å². The van der Waals surface area contributed by atoms with Crippen LogP contribution in [0.2, 0.25) is 10.0 Å². The number of anilines is 1. The first-order valence-electron chi connectivity index (χ1n) is 8.17. The zero-order chi connectivity index (χ0) is 19.2. The topological polar surface area (TPSA) is 47.6 Å². The van der Waals surface area contributed by atoms with Crippen molar-refractivity contribution in [2.75, 3.05) is 12.4 Å². The summed E-state index contributed by atoms with van der Waals surface area (Å²) in [5, 5.41) is 4.04. The second-order valence-electron chi connectivity index (χ2n) is 5.73. The molecule has 0 aliphatic rings. The van der Waals surface area contributed by atoms with Crippen molar-refractivity contribution in [2.45, 2.75) is 6.61 Å². The number of rotatable bonds is 6. The van der Waals surface area contributed by atoms with E-state index in [2.05, 4.69) is 5.32 Å². The predicted molar refractivity (Wildman–Crippen MR) is 108 cm³/mol. The van der Waals surface area contributed by atoms with Crippen molar-refractivity contribution in [3.63, 3.8) is 0 Å². The largest absolute Gasteiger partial charge is 0.496 e. The Labute approximate surface area is 167 Å². The van der Waals surface area contributed by atoms with E-state index in [4.69, 9.17) is 32.7 Å². The molecule has 0 saturated carbocycles. The molecule has 0 radical (unpaired) electrons. The van der Waals surface area contributed by atoms with E-state index >= 15 is 0 Å². The predicted octanol–water partition coefficient (Wildman–Crippen LogP) is 5.83. The number of ether oxygens (including phenoxy) is 2. The lowest BCUT2D eigenvalue weighted by atomic mass is 10.1. The minimum atomic E-state index is -0.232. The Bertz CT molecular complexity index is 942. The summed E-state index contributed by atoms with van der Waals surface area (Å²) in [5.74, 6) is 1.05. The summed E-state index contributed by atoms with van der Waals surface area (Å²) in [6.45, 7) is 0.242. The quantitative estimate of drug-likeness (QED) is 0.564. The second kappa shape index (κ2) is 8.80. The molecule has 1 N–H and O–H groups in total. The second-order valence-corrected chi connectivity index (χ2v) is 6.61. The monoisotopic (exact) mass is 401 g/mol. The molecule has 1 amide bonds. The van der Waals surface area contributed by atoms with Crippen LogP contribution >= 0.6 is 23.2 Å². The summed E-state index contributed by atoms with van der Waals surface area (Å²) in [6, 6.07) is 19.2. The molecular formula is C21H17Cl2NO3. The van der Waals surface area contributed by atoms with Gasteiger partial charge >= 0.3 is 0 Å². The number of carbonyl (C=O) groups excluding carboxylic acids is 1. The van der Waals surface area contributed by atoms with Crippen LogP contribution in [0.1, 0.15) is 15.9 Å². The van der Waals surface area contributed by atoms with E-state index in [1.54, 1.807) is 61.7 Å². The van der Waals surface area contributed by atoms with Gasteiger partial charge in [-0.15, -0.1) is 0 Å². The molecule has 0 aliphatic heterocycles. The number of benzene rings is 3. The van der Waals surface area contributed by atoms with Gasteiger partial charge < -0.3 is 14.8 Å². The fraction of sp³-hybridized carbons (Fsp3) is 0.0952. The molecule has 3 aromatic rings. The highest BCUT2D eigenvalue weighted by molar-refractivity contribution is 6.31. The SMILES string of the molecule is COc1ccc(C(=O)Nc2ccc(Cl)cc2)cc1COc1cccc(Cl)c1. The van der Waals surface area contributed by atoms with Gasteiger partial charge in [0.05, 0.1) is 7.11 Å². The summed E-state index contributed by atoms with van der Waals surface area (Å²) in [5.41, 5.74) is 1.91. The minimum Gasteiger partial charge on any atom is -0.496 e. The maximum absolute atomic E-state index is 12.5. The van der Waals surface area contributed by atoms with Crippen LogP contribution in [0.4, 0.5) is 5.69 Å². The van der Waals surface area contributed by atoms with Gasteiger partial charge in [-0.3, -0.25) is 4.79 Å². The Morgan fingerprint density at radius 1 is 0.963 bits per heavy atom. The van der Waals surface area contributed by atoms with Crippen molar-refractivity contribution in [1.29, 1.82) is 0 Å². The third kappa shape index (κ3) is 5.16. The molecule has 0 bridgehead atoms. The van der Waals surface area contributed by atoms with Gasteiger partial charge in [-0.1, -0.05) is 29.3 Å². The lowest BCUT2D eigenvalue weighted by Gasteiger charge is -2.12. The lowest BCUT2D eigenvalue weighted by molar-refractivity contribution is 0.102. The van der Waals surface area contributed by atoms with Gasteiger partial charge in [-0.2, -0.15) is 0 Å². The zero-order valence-corrected chi connectivity index (χ0v) is 16.1. The highest BCUT2D eigenvalue weighted by atomic mass is 35.5. The average molecular weight is 402 g/mol. The number of amides is 1. The Kier molecular flexibility index (Phi) is 6.22. The molecule has 4 nitrogen and oxygen atoms in total. The number of methoxy groups -OCH3 is 1. The number of hydrogen-bond donors (Lipinski definition) is 1. The van der Waals surface area contributed by atoms with E-state index in [0.29, 0.717) is 32.8 Å². The zero-order valence-electron chi connectivity index (χ0n) is 14.5. The van der Waals surface area contributed by atoms with Gasteiger partial charge in [0.1, 0.15) is 18.1 Å². The number of halogens is 2.